The number of rotatable bonds is 4. The summed E-state index contributed by atoms with van der Waals surface area (Å²) in [5.41, 5.74) is 7.71. The van der Waals surface area contributed by atoms with Crippen molar-refractivity contribution >= 4 is 27.4 Å². The Balaban J connectivity index is 2.20. The minimum Gasteiger partial charge on any atom is -0.399 e. The molecule has 0 saturated heterocycles. The number of anilines is 2. The van der Waals surface area contributed by atoms with Crippen molar-refractivity contribution < 1.29 is 0 Å². The zero-order valence-corrected chi connectivity index (χ0v) is 11.9. The molecule has 0 atom stereocenters. The molecule has 0 aliphatic rings. The maximum Gasteiger partial charge on any atom is 0.143 e. The molecule has 2 rings (SSSR count). The number of nitrogens with zero attached hydrogens (tertiary/aromatic N) is 2. The van der Waals surface area contributed by atoms with E-state index >= 15 is 0 Å². The van der Waals surface area contributed by atoms with E-state index in [1.165, 1.54) is 5.56 Å². The van der Waals surface area contributed by atoms with E-state index in [1.807, 2.05) is 30.5 Å². The van der Waals surface area contributed by atoms with E-state index in [0.29, 0.717) is 0 Å². The molecule has 0 saturated carbocycles. The van der Waals surface area contributed by atoms with Crippen LogP contribution in [0.4, 0.5) is 11.5 Å². The lowest BCUT2D eigenvalue weighted by Crippen LogP contribution is -2.23. The first-order valence-electron chi connectivity index (χ1n) is 5.90. The molecule has 3 nitrogen and oxygen atoms in total. The van der Waals surface area contributed by atoms with Crippen molar-refractivity contribution in [2.24, 2.45) is 0 Å². The highest BCUT2D eigenvalue weighted by molar-refractivity contribution is 9.10. The summed E-state index contributed by atoms with van der Waals surface area (Å²) in [4.78, 5) is 6.64. The van der Waals surface area contributed by atoms with Gasteiger partial charge < -0.3 is 10.6 Å². The monoisotopic (exact) mass is 305 g/mol. The number of halogens is 1. The fourth-order valence-corrected chi connectivity index (χ4v) is 2.30. The van der Waals surface area contributed by atoms with Gasteiger partial charge in [0.15, 0.2) is 0 Å². The number of hydrogen-bond acceptors (Lipinski definition) is 3. The molecule has 0 spiro atoms. The van der Waals surface area contributed by atoms with E-state index in [2.05, 4.69) is 44.9 Å². The van der Waals surface area contributed by atoms with Gasteiger partial charge in [-0.15, -0.1) is 0 Å². The van der Waals surface area contributed by atoms with Crippen LogP contribution in [-0.4, -0.2) is 11.5 Å². The molecule has 0 aliphatic carbocycles. The van der Waals surface area contributed by atoms with Gasteiger partial charge in [-0.3, -0.25) is 0 Å². The Morgan fingerprint density at radius 2 is 1.94 bits per heavy atom. The Morgan fingerprint density at radius 1 is 1.22 bits per heavy atom. The van der Waals surface area contributed by atoms with Gasteiger partial charge in [-0.2, -0.15) is 0 Å². The van der Waals surface area contributed by atoms with Crippen LogP contribution in [0, 0.1) is 0 Å². The van der Waals surface area contributed by atoms with E-state index in [4.69, 9.17) is 5.73 Å². The van der Waals surface area contributed by atoms with Crippen molar-refractivity contribution in [1.29, 1.82) is 0 Å². The highest BCUT2D eigenvalue weighted by Crippen LogP contribution is 2.24. The number of nitrogens with two attached hydrogens (primary N) is 1. The maximum absolute atomic E-state index is 5.69. The standard InChI is InChI=1S/C14H16BrN3/c1-2-18(14-13(15)4-3-9-17-14)10-11-5-7-12(16)8-6-11/h3-9H,2,10,16H2,1H3. The Bertz CT molecular complexity index is 511. The summed E-state index contributed by atoms with van der Waals surface area (Å²) < 4.78 is 1.02. The van der Waals surface area contributed by atoms with Crippen LogP contribution >= 0.6 is 15.9 Å². The lowest BCUT2D eigenvalue weighted by Gasteiger charge is -2.23. The lowest BCUT2D eigenvalue weighted by molar-refractivity contribution is 0.811. The van der Waals surface area contributed by atoms with E-state index in [0.717, 1.165) is 29.1 Å². The molecule has 1 aromatic carbocycles. The average Bonchev–Trinajstić information content (AvgIpc) is 2.39. The second-order valence-corrected chi connectivity index (χ2v) is 4.92. The zero-order valence-electron chi connectivity index (χ0n) is 10.3. The van der Waals surface area contributed by atoms with Gasteiger partial charge in [-0.05, 0) is 52.7 Å². The van der Waals surface area contributed by atoms with Gasteiger partial charge in [-0.1, -0.05) is 12.1 Å². The van der Waals surface area contributed by atoms with E-state index in [1.54, 1.807) is 0 Å². The molecule has 1 heterocycles. The minimum absolute atomic E-state index is 0.792. The predicted octanol–water partition coefficient (Wildman–Crippen LogP) is 3.45. The topological polar surface area (TPSA) is 42.1 Å². The molecule has 0 unspecified atom stereocenters. The van der Waals surface area contributed by atoms with Gasteiger partial charge in [0, 0.05) is 25.0 Å². The van der Waals surface area contributed by atoms with Crippen LogP contribution in [0.3, 0.4) is 0 Å². The van der Waals surface area contributed by atoms with Crippen molar-refractivity contribution in [1.82, 2.24) is 4.98 Å². The fraction of sp³-hybridized carbons (Fsp3) is 0.214. The fourth-order valence-electron chi connectivity index (χ4n) is 1.79. The number of benzene rings is 1. The summed E-state index contributed by atoms with van der Waals surface area (Å²) in [6.07, 6.45) is 1.81. The largest absolute Gasteiger partial charge is 0.399 e. The first-order valence-corrected chi connectivity index (χ1v) is 6.70. The number of nitrogen functional groups attached to an aromatic ring is 1. The third-order valence-corrected chi connectivity index (χ3v) is 3.39. The predicted molar refractivity (Wildman–Crippen MR) is 79.5 cm³/mol. The van der Waals surface area contributed by atoms with Gasteiger partial charge in [0.25, 0.3) is 0 Å². The molecule has 94 valence electrons. The van der Waals surface area contributed by atoms with E-state index in [9.17, 15) is 0 Å². The van der Waals surface area contributed by atoms with Gasteiger partial charge in [0.2, 0.25) is 0 Å². The molecule has 0 fully saturated rings. The highest BCUT2D eigenvalue weighted by atomic mass is 79.9. The molecule has 0 radical (unpaired) electrons. The summed E-state index contributed by atoms with van der Waals surface area (Å²) in [6.45, 7) is 3.85. The van der Waals surface area contributed by atoms with Crippen molar-refractivity contribution in [3.8, 4) is 0 Å². The Morgan fingerprint density at radius 3 is 2.56 bits per heavy atom. The molecule has 0 amide bonds. The Hall–Kier alpha value is -1.55. The van der Waals surface area contributed by atoms with Crippen LogP contribution < -0.4 is 10.6 Å². The van der Waals surface area contributed by atoms with Crippen LogP contribution in [-0.2, 0) is 6.54 Å². The molecule has 0 bridgehead atoms. The molecule has 1 aromatic heterocycles. The molecule has 2 aromatic rings. The normalized spacial score (nSPS) is 10.3. The zero-order chi connectivity index (χ0) is 13.0. The summed E-state index contributed by atoms with van der Waals surface area (Å²) in [7, 11) is 0. The van der Waals surface area contributed by atoms with Crippen molar-refractivity contribution in [2.45, 2.75) is 13.5 Å². The van der Waals surface area contributed by atoms with E-state index < -0.39 is 0 Å². The Labute approximate surface area is 116 Å². The maximum atomic E-state index is 5.69. The quantitative estimate of drug-likeness (QED) is 0.880. The first-order chi connectivity index (χ1) is 8.70. The number of hydrogen-bond donors (Lipinski definition) is 1. The van der Waals surface area contributed by atoms with Crippen LogP contribution in [0.2, 0.25) is 0 Å². The second-order valence-electron chi connectivity index (χ2n) is 4.06. The molecule has 0 aliphatic heterocycles. The molecule has 18 heavy (non-hydrogen) atoms. The van der Waals surface area contributed by atoms with Crippen LogP contribution in [0.15, 0.2) is 47.1 Å². The lowest BCUT2D eigenvalue weighted by atomic mass is 10.2. The van der Waals surface area contributed by atoms with Crippen LogP contribution in [0.5, 0.6) is 0 Å². The van der Waals surface area contributed by atoms with Gasteiger partial charge in [0.05, 0.1) is 4.47 Å². The first kappa shape index (κ1) is 12.9. The molecular formula is C14H16BrN3. The third-order valence-electron chi connectivity index (χ3n) is 2.77. The molecule has 2 N–H and O–H groups in total. The smallest absolute Gasteiger partial charge is 0.143 e. The number of aromatic nitrogens is 1. The summed E-state index contributed by atoms with van der Waals surface area (Å²) in [5.74, 6) is 0.969. The second kappa shape index (κ2) is 5.87. The minimum atomic E-state index is 0.792. The molecule has 4 heteroatoms. The van der Waals surface area contributed by atoms with Crippen LogP contribution in [0.25, 0.3) is 0 Å². The van der Waals surface area contributed by atoms with Gasteiger partial charge >= 0.3 is 0 Å². The SMILES string of the molecule is CCN(Cc1ccc(N)cc1)c1ncccc1Br. The Kier molecular flexibility index (Phi) is 4.20. The molecular weight excluding hydrogens is 290 g/mol. The van der Waals surface area contributed by atoms with Crippen molar-refractivity contribution in [3.63, 3.8) is 0 Å². The summed E-state index contributed by atoms with van der Waals surface area (Å²) >= 11 is 3.54. The number of pyridine rings is 1. The van der Waals surface area contributed by atoms with Crippen LogP contribution in [0.1, 0.15) is 12.5 Å². The van der Waals surface area contributed by atoms with Crippen molar-refractivity contribution in [3.05, 3.63) is 52.6 Å². The third kappa shape index (κ3) is 3.01. The highest BCUT2D eigenvalue weighted by Gasteiger charge is 2.09. The van der Waals surface area contributed by atoms with Crippen molar-refractivity contribution in [2.75, 3.05) is 17.2 Å². The van der Waals surface area contributed by atoms with Gasteiger partial charge in [-0.25, -0.2) is 4.98 Å². The van der Waals surface area contributed by atoms with E-state index in [-0.39, 0.29) is 0 Å². The summed E-state index contributed by atoms with van der Waals surface area (Å²) in [5, 5.41) is 0. The average molecular weight is 306 g/mol. The summed E-state index contributed by atoms with van der Waals surface area (Å²) in [6, 6.07) is 11.9. The van der Waals surface area contributed by atoms with Gasteiger partial charge in [0.1, 0.15) is 5.82 Å².